The third-order valence-corrected chi connectivity index (χ3v) is 3.52. The lowest BCUT2D eigenvalue weighted by Gasteiger charge is -2.12. The van der Waals surface area contributed by atoms with Crippen LogP contribution in [0.15, 0.2) is 36.4 Å². The highest BCUT2D eigenvalue weighted by molar-refractivity contribution is 6.34. The zero-order valence-corrected chi connectivity index (χ0v) is 12.3. The molecule has 3 aromatic rings. The Morgan fingerprint density at radius 2 is 1.95 bits per heavy atom. The summed E-state index contributed by atoms with van der Waals surface area (Å²) in [5.41, 5.74) is 2.43. The van der Waals surface area contributed by atoms with Crippen LogP contribution in [0.4, 0.5) is 0 Å². The van der Waals surface area contributed by atoms with Gasteiger partial charge in [-0.3, -0.25) is 4.40 Å². The summed E-state index contributed by atoms with van der Waals surface area (Å²) < 4.78 is 6.63. The van der Waals surface area contributed by atoms with E-state index in [0.29, 0.717) is 27.8 Å². The Labute approximate surface area is 126 Å². The van der Waals surface area contributed by atoms with E-state index in [2.05, 4.69) is 10.2 Å². The van der Waals surface area contributed by atoms with Crippen molar-refractivity contribution < 1.29 is 9.53 Å². The van der Waals surface area contributed by atoms with E-state index < -0.39 is 5.97 Å². The summed E-state index contributed by atoms with van der Waals surface area (Å²) in [5.74, 6) is 0.197. The highest BCUT2D eigenvalue weighted by Gasteiger charge is 2.21. The maximum atomic E-state index is 12.1. The van der Waals surface area contributed by atoms with Crippen molar-refractivity contribution in [1.29, 1.82) is 0 Å². The minimum Gasteiger partial charge on any atom is -0.465 e. The molecular weight excluding hydrogens is 290 g/mol. The highest BCUT2D eigenvalue weighted by atomic mass is 35.5. The molecule has 0 spiro atoms. The molecule has 0 atom stereocenters. The second-order valence-electron chi connectivity index (χ2n) is 4.52. The van der Waals surface area contributed by atoms with Crippen molar-refractivity contribution in [3.05, 3.63) is 52.8 Å². The molecule has 21 heavy (non-hydrogen) atoms. The fourth-order valence-corrected chi connectivity index (χ4v) is 2.54. The summed E-state index contributed by atoms with van der Waals surface area (Å²) in [6.45, 7) is 1.81. The first-order chi connectivity index (χ1) is 10.1. The van der Waals surface area contributed by atoms with Gasteiger partial charge in [0.05, 0.1) is 23.4 Å². The summed E-state index contributed by atoms with van der Waals surface area (Å²) in [6, 6.07) is 11.1. The SMILES string of the molecule is COC(=O)c1cc(Cl)c2nnc(C)n2c1-c1ccccc1. The molecule has 3 rings (SSSR count). The van der Waals surface area contributed by atoms with Gasteiger partial charge in [0.1, 0.15) is 5.82 Å². The first kappa shape index (κ1) is 13.6. The lowest BCUT2D eigenvalue weighted by molar-refractivity contribution is 0.0601. The van der Waals surface area contributed by atoms with Crippen molar-refractivity contribution in [3.8, 4) is 11.3 Å². The molecule has 0 N–H and O–H groups in total. The van der Waals surface area contributed by atoms with Gasteiger partial charge in [-0.05, 0) is 18.6 Å². The van der Waals surface area contributed by atoms with Crippen LogP contribution in [0.1, 0.15) is 16.2 Å². The van der Waals surface area contributed by atoms with E-state index in [-0.39, 0.29) is 0 Å². The molecule has 0 aliphatic heterocycles. The summed E-state index contributed by atoms with van der Waals surface area (Å²) in [4.78, 5) is 12.1. The third kappa shape index (κ3) is 2.15. The van der Waals surface area contributed by atoms with Gasteiger partial charge in [-0.25, -0.2) is 4.79 Å². The molecule has 0 amide bonds. The number of esters is 1. The minimum absolute atomic E-state index is 0.357. The molecule has 0 aliphatic carbocycles. The van der Waals surface area contributed by atoms with Crippen LogP contribution >= 0.6 is 11.6 Å². The number of ether oxygens (including phenoxy) is 1. The molecular formula is C15H12ClN3O2. The van der Waals surface area contributed by atoms with Gasteiger partial charge in [0.15, 0.2) is 5.65 Å². The maximum absolute atomic E-state index is 12.1. The lowest BCUT2D eigenvalue weighted by Crippen LogP contribution is -2.08. The number of aromatic nitrogens is 3. The number of carbonyl (C=O) groups is 1. The Morgan fingerprint density at radius 3 is 2.62 bits per heavy atom. The summed E-state index contributed by atoms with van der Waals surface area (Å²) >= 11 is 6.20. The Balaban J connectivity index is 2.46. The van der Waals surface area contributed by atoms with E-state index in [1.54, 1.807) is 10.5 Å². The van der Waals surface area contributed by atoms with Crippen LogP contribution in [0.5, 0.6) is 0 Å². The molecule has 5 nitrogen and oxygen atoms in total. The minimum atomic E-state index is -0.453. The van der Waals surface area contributed by atoms with Gasteiger partial charge in [0, 0.05) is 0 Å². The van der Waals surface area contributed by atoms with Crippen LogP contribution in [-0.4, -0.2) is 27.7 Å². The second kappa shape index (κ2) is 5.18. The molecule has 0 radical (unpaired) electrons. The van der Waals surface area contributed by atoms with Crippen LogP contribution in [-0.2, 0) is 4.74 Å². The number of hydrogen-bond donors (Lipinski definition) is 0. The number of benzene rings is 1. The van der Waals surface area contributed by atoms with Crippen molar-refractivity contribution >= 4 is 23.2 Å². The first-order valence-corrected chi connectivity index (χ1v) is 6.69. The topological polar surface area (TPSA) is 56.5 Å². The van der Waals surface area contributed by atoms with Gasteiger partial charge in [-0.2, -0.15) is 0 Å². The van der Waals surface area contributed by atoms with Gasteiger partial charge in [0.25, 0.3) is 0 Å². The van der Waals surface area contributed by atoms with Crippen molar-refractivity contribution in [1.82, 2.24) is 14.6 Å². The molecule has 1 aromatic carbocycles. The Hall–Kier alpha value is -2.40. The molecule has 0 bridgehead atoms. The van der Waals surface area contributed by atoms with E-state index in [4.69, 9.17) is 16.3 Å². The maximum Gasteiger partial charge on any atom is 0.340 e. The normalized spacial score (nSPS) is 10.8. The zero-order valence-electron chi connectivity index (χ0n) is 11.5. The van der Waals surface area contributed by atoms with E-state index in [0.717, 1.165) is 5.56 Å². The third-order valence-electron chi connectivity index (χ3n) is 3.24. The monoisotopic (exact) mass is 301 g/mol. The van der Waals surface area contributed by atoms with Gasteiger partial charge in [-0.1, -0.05) is 41.9 Å². The molecule has 2 heterocycles. The van der Waals surface area contributed by atoms with Crippen LogP contribution in [0.25, 0.3) is 16.9 Å². The Kier molecular flexibility index (Phi) is 3.35. The van der Waals surface area contributed by atoms with Crippen molar-refractivity contribution in [3.63, 3.8) is 0 Å². The summed E-state index contributed by atoms with van der Waals surface area (Å²) in [6.07, 6.45) is 0. The van der Waals surface area contributed by atoms with Gasteiger partial charge >= 0.3 is 5.97 Å². The van der Waals surface area contributed by atoms with Gasteiger partial charge in [-0.15, -0.1) is 10.2 Å². The number of fused-ring (bicyclic) bond motifs is 1. The predicted molar refractivity (Wildman–Crippen MR) is 79.5 cm³/mol. The lowest BCUT2D eigenvalue weighted by atomic mass is 10.1. The summed E-state index contributed by atoms with van der Waals surface area (Å²) in [7, 11) is 1.34. The fourth-order valence-electron chi connectivity index (χ4n) is 2.31. The molecule has 0 saturated heterocycles. The molecule has 0 saturated carbocycles. The van der Waals surface area contributed by atoms with Crippen LogP contribution in [0.3, 0.4) is 0 Å². The Morgan fingerprint density at radius 1 is 1.24 bits per heavy atom. The quantitative estimate of drug-likeness (QED) is 0.682. The first-order valence-electron chi connectivity index (χ1n) is 6.31. The summed E-state index contributed by atoms with van der Waals surface area (Å²) in [5, 5.41) is 8.46. The van der Waals surface area contributed by atoms with Crippen LogP contribution in [0.2, 0.25) is 5.02 Å². The van der Waals surface area contributed by atoms with E-state index in [1.807, 2.05) is 37.3 Å². The van der Waals surface area contributed by atoms with Crippen molar-refractivity contribution in [2.75, 3.05) is 7.11 Å². The van der Waals surface area contributed by atoms with Gasteiger partial charge in [0.2, 0.25) is 0 Å². The average molecular weight is 302 g/mol. The number of nitrogens with zero attached hydrogens (tertiary/aromatic N) is 3. The van der Waals surface area contributed by atoms with E-state index >= 15 is 0 Å². The smallest absolute Gasteiger partial charge is 0.340 e. The number of hydrogen-bond acceptors (Lipinski definition) is 4. The number of carbonyl (C=O) groups excluding carboxylic acids is 1. The largest absolute Gasteiger partial charge is 0.465 e. The number of methoxy groups -OCH3 is 1. The second-order valence-corrected chi connectivity index (χ2v) is 4.93. The molecule has 0 fully saturated rings. The molecule has 0 unspecified atom stereocenters. The number of aryl methyl sites for hydroxylation is 1. The van der Waals surface area contributed by atoms with Crippen molar-refractivity contribution in [2.24, 2.45) is 0 Å². The molecule has 0 aliphatic rings. The molecule has 106 valence electrons. The average Bonchev–Trinajstić information content (AvgIpc) is 2.90. The fraction of sp³-hybridized carbons (Fsp3) is 0.133. The standard InChI is InChI=1S/C15H12ClN3O2/c1-9-17-18-14-12(16)8-11(15(20)21-2)13(19(9)14)10-6-4-3-5-7-10/h3-8H,1-2H3. The van der Waals surface area contributed by atoms with Crippen molar-refractivity contribution in [2.45, 2.75) is 6.92 Å². The van der Waals surface area contributed by atoms with Crippen LogP contribution < -0.4 is 0 Å². The molecule has 6 heteroatoms. The highest BCUT2D eigenvalue weighted by Crippen LogP contribution is 2.30. The molecule has 2 aromatic heterocycles. The zero-order chi connectivity index (χ0) is 15.0. The number of pyridine rings is 1. The number of halogens is 1. The number of rotatable bonds is 2. The van der Waals surface area contributed by atoms with E-state index in [1.165, 1.54) is 7.11 Å². The Bertz CT molecular complexity index is 828. The van der Waals surface area contributed by atoms with Gasteiger partial charge < -0.3 is 4.74 Å². The van der Waals surface area contributed by atoms with Crippen LogP contribution in [0, 0.1) is 6.92 Å². The van der Waals surface area contributed by atoms with E-state index in [9.17, 15) is 4.79 Å². The predicted octanol–water partition coefficient (Wildman–Crippen LogP) is 3.14.